The molecule has 0 aromatic rings. The Morgan fingerprint density at radius 1 is 0.744 bits per heavy atom. The highest BCUT2D eigenvalue weighted by atomic mass is 35.6. The molecule has 3 rings (SSSR count). The molecule has 3 saturated heterocycles. The maximum atomic E-state index is 12.2. The first-order chi connectivity index (χ1) is 19.8. The van der Waals surface area contributed by atoms with Crippen molar-refractivity contribution < 1.29 is 66.5 Å². The van der Waals surface area contributed by atoms with Crippen molar-refractivity contribution in [3.8, 4) is 0 Å². The Hall–Kier alpha value is -1.98. The third-order valence-corrected chi connectivity index (χ3v) is 6.81. The molecule has 3 heterocycles. The fourth-order valence-electron chi connectivity index (χ4n) is 4.83. The minimum Gasteiger partial charge on any atom is -0.463 e. The molecule has 3 aliphatic rings. The number of fused-ring (bicyclic) bond motifs is 1. The summed E-state index contributed by atoms with van der Waals surface area (Å²) in [6.45, 7) is 8.87. The molecule has 0 amide bonds. The molecule has 0 spiro atoms. The van der Waals surface area contributed by atoms with Gasteiger partial charge in [0.15, 0.2) is 36.5 Å². The van der Waals surface area contributed by atoms with Crippen LogP contribution in [0.15, 0.2) is 0 Å². The summed E-state index contributed by atoms with van der Waals surface area (Å²) in [5, 5.41) is 7.97. The highest BCUT2D eigenvalue weighted by molar-refractivity contribution is 6.76. The topological polar surface area (TPSA) is 184 Å². The van der Waals surface area contributed by atoms with Crippen molar-refractivity contribution in [3.63, 3.8) is 0 Å². The Balaban J connectivity index is 1.98. The Morgan fingerprint density at radius 3 is 1.81 bits per heavy atom. The number of esters is 4. The SMILES string of the molecule is CC(=O)OC[C@H]1O[C@@H](O[C@@H]2[C@H]3OC(C)(C)O[C@H]3[C@H](OC(=N)C(Cl)(Cl)Cl)O[C@H]2C)[C@H](OC(C)=O)[C@@H](OC(C)=O)[C@@H]1OC(C)=O. The van der Waals surface area contributed by atoms with E-state index >= 15 is 0 Å². The van der Waals surface area contributed by atoms with E-state index < -0.39 is 107 Å². The van der Waals surface area contributed by atoms with Gasteiger partial charge in [-0.15, -0.1) is 0 Å². The predicted octanol–water partition coefficient (Wildman–Crippen LogP) is 2.08. The van der Waals surface area contributed by atoms with Crippen molar-refractivity contribution in [1.82, 2.24) is 0 Å². The van der Waals surface area contributed by atoms with Crippen LogP contribution in [0.3, 0.4) is 0 Å². The second-order valence-electron chi connectivity index (χ2n) is 10.4. The van der Waals surface area contributed by atoms with E-state index in [1.54, 1.807) is 20.8 Å². The Labute approximate surface area is 262 Å². The monoisotopic (exact) mass is 677 g/mol. The van der Waals surface area contributed by atoms with E-state index in [1.807, 2.05) is 0 Å². The number of ether oxygens (including phenoxy) is 10. The molecular weight excluding hydrogens is 645 g/mol. The molecular formula is C25H34Cl3NO14. The van der Waals surface area contributed by atoms with Gasteiger partial charge < -0.3 is 47.4 Å². The van der Waals surface area contributed by atoms with Gasteiger partial charge >= 0.3 is 23.9 Å². The van der Waals surface area contributed by atoms with Gasteiger partial charge in [0.25, 0.3) is 3.79 Å². The molecule has 18 heteroatoms. The Kier molecular flexibility index (Phi) is 11.5. The second kappa shape index (κ2) is 14.0. The predicted molar refractivity (Wildman–Crippen MR) is 144 cm³/mol. The lowest BCUT2D eigenvalue weighted by Gasteiger charge is -2.47. The van der Waals surface area contributed by atoms with Crippen LogP contribution in [0.5, 0.6) is 0 Å². The van der Waals surface area contributed by atoms with Crippen molar-refractivity contribution in [2.45, 2.75) is 119 Å². The van der Waals surface area contributed by atoms with Gasteiger partial charge in [0.05, 0.1) is 6.10 Å². The highest BCUT2D eigenvalue weighted by Gasteiger charge is 2.59. The van der Waals surface area contributed by atoms with Gasteiger partial charge in [-0.2, -0.15) is 0 Å². The zero-order valence-electron chi connectivity index (χ0n) is 24.3. The molecule has 0 unspecified atom stereocenters. The van der Waals surface area contributed by atoms with Gasteiger partial charge in [-0.25, -0.2) is 0 Å². The van der Waals surface area contributed by atoms with Crippen molar-refractivity contribution in [1.29, 1.82) is 5.41 Å². The number of hydrogen-bond acceptors (Lipinski definition) is 15. The fourth-order valence-corrected chi connectivity index (χ4v) is 4.97. The summed E-state index contributed by atoms with van der Waals surface area (Å²) in [5.41, 5.74) is 0. The number of rotatable bonds is 8. The largest absolute Gasteiger partial charge is 0.463 e. The zero-order chi connectivity index (χ0) is 32.4. The molecule has 0 radical (unpaired) electrons. The molecule has 0 bridgehead atoms. The average molecular weight is 679 g/mol. The first kappa shape index (κ1) is 35.5. The molecule has 15 nitrogen and oxygen atoms in total. The molecule has 10 atom stereocenters. The van der Waals surface area contributed by atoms with Crippen molar-refractivity contribution in [3.05, 3.63) is 0 Å². The normalized spacial score (nSPS) is 35.2. The van der Waals surface area contributed by atoms with E-state index in [1.165, 1.54) is 0 Å². The lowest BCUT2D eigenvalue weighted by molar-refractivity contribution is -0.343. The summed E-state index contributed by atoms with van der Waals surface area (Å²) in [5.74, 6) is -4.95. The van der Waals surface area contributed by atoms with Gasteiger partial charge in [-0.05, 0) is 20.8 Å². The summed E-state index contributed by atoms with van der Waals surface area (Å²) < 4.78 is 55.1. The molecule has 0 aliphatic carbocycles. The summed E-state index contributed by atoms with van der Waals surface area (Å²) in [6.07, 6.45) is -12.2. The first-order valence-electron chi connectivity index (χ1n) is 13.1. The van der Waals surface area contributed by atoms with Gasteiger partial charge in [-0.1, -0.05) is 34.8 Å². The molecule has 43 heavy (non-hydrogen) atoms. The van der Waals surface area contributed by atoms with Crippen LogP contribution in [0.1, 0.15) is 48.5 Å². The van der Waals surface area contributed by atoms with Gasteiger partial charge in [0, 0.05) is 27.7 Å². The molecule has 3 fully saturated rings. The minimum absolute atomic E-state index is 0.442. The van der Waals surface area contributed by atoms with E-state index in [-0.39, 0.29) is 0 Å². The summed E-state index contributed by atoms with van der Waals surface area (Å²) >= 11 is 17.3. The third-order valence-electron chi connectivity index (χ3n) is 6.30. The number of alkyl halides is 3. The van der Waals surface area contributed by atoms with Crippen LogP contribution < -0.4 is 0 Å². The van der Waals surface area contributed by atoms with Crippen LogP contribution >= 0.6 is 34.8 Å². The van der Waals surface area contributed by atoms with Crippen LogP contribution in [-0.2, 0) is 66.5 Å². The van der Waals surface area contributed by atoms with E-state index in [4.69, 9.17) is 87.6 Å². The number of halogens is 3. The smallest absolute Gasteiger partial charge is 0.303 e. The van der Waals surface area contributed by atoms with Gasteiger partial charge in [0.2, 0.25) is 12.2 Å². The van der Waals surface area contributed by atoms with Crippen LogP contribution in [0.4, 0.5) is 0 Å². The molecule has 1 N–H and O–H groups in total. The van der Waals surface area contributed by atoms with Crippen molar-refractivity contribution in [2.75, 3.05) is 6.61 Å². The van der Waals surface area contributed by atoms with Crippen LogP contribution in [0.25, 0.3) is 0 Å². The van der Waals surface area contributed by atoms with E-state index in [2.05, 4.69) is 0 Å². The van der Waals surface area contributed by atoms with Crippen LogP contribution in [0, 0.1) is 5.41 Å². The maximum absolute atomic E-state index is 12.2. The Bertz CT molecular complexity index is 1080. The van der Waals surface area contributed by atoms with Crippen LogP contribution in [-0.4, -0.2) is 107 Å². The van der Waals surface area contributed by atoms with E-state index in [0.29, 0.717) is 0 Å². The summed E-state index contributed by atoms with van der Waals surface area (Å²) in [7, 11) is 0. The standard InChI is InChI=1S/C25H34Cl3NO14/c1-9-15(18-20(43-24(6,7)42-18)22(35-9)41-23(29)25(26,27)28)40-21-19(38-13(5)33)17(37-12(4)32)16(36-11(3)31)14(39-21)8-34-10(2)30/h9,14-22,29H,8H2,1-7H3/t9-,14+,15-,16+,17-,18+,19+,20+,21-,22-/m0/s1. The van der Waals surface area contributed by atoms with Gasteiger partial charge in [-0.3, -0.25) is 24.6 Å². The van der Waals surface area contributed by atoms with Gasteiger partial charge in [0.1, 0.15) is 24.9 Å². The first-order valence-corrected chi connectivity index (χ1v) is 14.2. The lowest BCUT2D eigenvalue weighted by Crippen LogP contribution is -2.65. The van der Waals surface area contributed by atoms with E-state index in [0.717, 1.165) is 27.7 Å². The zero-order valence-corrected chi connectivity index (χ0v) is 26.6. The Morgan fingerprint density at radius 2 is 1.28 bits per heavy atom. The maximum Gasteiger partial charge on any atom is 0.303 e. The van der Waals surface area contributed by atoms with Crippen molar-refractivity contribution >= 4 is 64.6 Å². The molecule has 0 aromatic heterocycles. The van der Waals surface area contributed by atoms with Crippen molar-refractivity contribution in [2.24, 2.45) is 0 Å². The summed E-state index contributed by atoms with van der Waals surface area (Å²) in [6, 6.07) is 0. The molecule has 0 saturated carbocycles. The minimum atomic E-state index is -2.18. The fraction of sp³-hybridized carbons (Fsp3) is 0.800. The number of nitrogens with one attached hydrogen (secondary N) is 1. The number of carbonyl (C=O) groups excluding carboxylic acids is 4. The number of hydrogen-bond donors (Lipinski definition) is 1. The average Bonchev–Trinajstić information content (AvgIpc) is 3.17. The third kappa shape index (κ3) is 9.26. The number of carbonyl (C=O) groups is 4. The van der Waals surface area contributed by atoms with E-state index in [9.17, 15) is 19.2 Å². The lowest BCUT2D eigenvalue weighted by atomic mass is 9.96. The second-order valence-corrected chi connectivity index (χ2v) is 12.7. The quantitative estimate of drug-likeness (QED) is 0.129. The highest BCUT2D eigenvalue weighted by Crippen LogP contribution is 2.42. The molecule has 0 aromatic carbocycles. The molecule has 244 valence electrons. The molecule has 3 aliphatic heterocycles. The van der Waals surface area contributed by atoms with Crippen LogP contribution in [0.2, 0.25) is 0 Å². The summed E-state index contributed by atoms with van der Waals surface area (Å²) in [4.78, 5) is 47.9.